The molecule has 0 saturated carbocycles. The zero-order valence-corrected chi connectivity index (χ0v) is 9.34. The Kier molecular flexibility index (Phi) is 3.38. The van der Waals surface area contributed by atoms with Gasteiger partial charge in [0.15, 0.2) is 0 Å². The lowest BCUT2D eigenvalue weighted by Crippen LogP contribution is -2.38. The Morgan fingerprint density at radius 1 is 1.60 bits per heavy atom. The minimum Gasteiger partial charge on any atom is -0.329 e. The number of rotatable bonds is 4. The van der Waals surface area contributed by atoms with E-state index in [9.17, 15) is 0 Å². The van der Waals surface area contributed by atoms with E-state index in [2.05, 4.69) is 21.6 Å². The van der Waals surface area contributed by atoms with Gasteiger partial charge in [-0.25, -0.2) is 0 Å². The molecule has 2 N–H and O–H groups in total. The van der Waals surface area contributed by atoms with Crippen LogP contribution < -0.4 is 5.73 Å². The maximum absolute atomic E-state index is 5.63. The van der Waals surface area contributed by atoms with E-state index in [0.29, 0.717) is 12.1 Å². The third kappa shape index (κ3) is 2.21. The molecule has 15 heavy (non-hydrogen) atoms. The second-order valence-electron chi connectivity index (χ2n) is 4.26. The molecule has 4 nitrogen and oxygen atoms in total. The first-order chi connectivity index (χ1) is 7.33. The molecule has 2 rings (SSSR count). The second kappa shape index (κ2) is 4.77. The average Bonchev–Trinajstić information content (AvgIpc) is 2.87. The molecule has 1 aromatic heterocycles. The molecule has 0 spiro atoms. The third-order valence-corrected chi connectivity index (χ3v) is 3.33. The Labute approximate surface area is 91.1 Å². The molecule has 2 heterocycles. The van der Waals surface area contributed by atoms with Gasteiger partial charge in [-0.15, -0.1) is 0 Å². The van der Waals surface area contributed by atoms with E-state index in [0.717, 1.165) is 13.1 Å². The maximum Gasteiger partial charge on any atom is 0.0646 e. The van der Waals surface area contributed by atoms with Crippen molar-refractivity contribution in [3.05, 3.63) is 18.5 Å². The molecular formula is C11H20N4. The summed E-state index contributed by atoms with van der Waals surface area (Å²) >= 11 is 0. The molecule has 1 fully saturated rings. The van der Waals surface area contributed by atoms with Crippen molar-refractivity contribution in [3.8, 4) is 0 Å². The number of aromatic nitrogens is 2. The summed E-state index contributed by atoms with van der Waals surface area (Å²) in [6, 6.07) is 3.04. The quantitative estimate of drug-likeness (QED) is 0.798. The molecule has 4 heteroatoms. The third-order valence-electron chi connectivity index (χ3n) is 3.33. The van der Waals surface area contributed by atoms with Crippen LogP contribution in [0.2, 0.25) is 0 Å². The van der Waals surface area contributed by atoms with E-state index in [1.165, 1.54) is 19.4 Å². The molecule has 0 aliphatic carbocycles. The molecule has 1 saturated heterocycles. The zero-order chi connectivity index (χ0) is 10.7. The predicted molar refractivity (Wildman–Crippen MR) is 60.6 cm³/mol. The van der Waals surface area contributed by atoms with Gasteiger partial charge in [0.25, 0.3) is 0 Å². The fourth-order valence-electron chi connectivity index (χ4n) is 2.54. The highest BCUT2D eigenvalue weighted by molar-refractivity contribution is 4.89. The lowest BCUT2D eigenvalue weighted by atomic mass is 10.1. The largest absolute Gasteiger partial charge is 0.329 e. The summed E-state index contributed by atoms with van der Waals surface area (Å²) in [5.74, 6) is 0. The van der Waals surface area contributed by atoms with Gasteiger partial charge in [0, 0.05) is 31.5 Å². The fourth-order valence-corrected chi connectivity index (χ4v) is 2.54. The molecule has 0 amide bonds. The normalized spacial score (nSPS) is 24.5. The highest BCUT2D eigenvalue weighted by Gasteiger charge is 2.29. The van der Waals surface area contributed by atoms with Crippen LogP contribution in [0.3, 0.4) is 0 Å². The molecule has 1 aromatic rings. The van der Waals surface area contributed by atoms with E-state index in [-0.39, 0.29) is 0 Å². The molecule has 0 unspecified atom stereocenters. The summed E-state index contributed by atoms with van der Waals surface area (Å²) < 4.78 is 2.06. The molecule has 0 aromatic carbocycles. The first-order valence-electron chi connectivity index (χ1n) is 5.76. The number of hydrogen-bond acceptors (Lipinski definition) is 3. The lowest BCUT2D eigenvalue weighted by Gasteiger charge is -2.29. The van der Waals surface area contributed by atoms with Gasteiger partial charge in [-0.05, 0) is 32.4 Å². The summed E-state index contributed by atoms with van der Waals surface area (Å²) in [5, 5.41) is 4.31. The van der Waals surface area contributed by atoms with E-state index >= 15 is 0 Å². The van der Waals surface area contributed by atoms with E-state index in [1.807, 2.05) is 18.5 Å². The molecule has 84 valence electrons. The van der Waals surface area contributed by atoms with Crippen molar-refractivity contribution in [1.29, 1.82) is 0 Å². The average molecular weight is 208 g/mol. The fraction of sp³-hybridized carbons (Fsp3) is 0.727. The summed E-state index contributed by atoms with van der Waals surface area (Å²) in [6.07, 6.45) is 6.44. The summed E-state index contributed by atoms with van der Waals surface area (Å²) in [6.45, 7) is 5.19. The molecule has 0 bridgehead atoms. The van der Waals surface area contributed by atoms with Crippen LogP contribution in [0.1, 0.15) is 25.8 Å². The topological polar surface area (TPSA) is 47.1 Å². The number of nitrogens with two attached hydrogens (primary N) is 1. The highest BCUT2D eigenvalue weighted by Crippen LogP contribution is 2.25. The molecule has 1 aliphatic rings. The standard InChI is InChI=1S/C11H20N4/c1-10(15-8-3-6-13-15)11-4-2-7-14(11)9-5-12/h3,6,8,10-11H,2,4-5,7,9,12H2,1H3/t10-,11+/m1/s1. The van der Waals surface area contributed by atoms with Crippen LogP contribution >= 0.6 is 0 Å². The summed E-state index contributed by atoms with van der Waals surface area (Å²) in [7, 11) is 0. The molecule has 2 atom stereocenters. The zero-order valence-electron chi connectivity index (χ0n) is 9.34. The number of nitrogens with zero attached hydrogens (tertiary/aromatic N) is 3. The van der Waals surface area contributed by atoms with Crippen LogP contribution in [0.15, 0.2) is 18.5 Å². The van der Waals surface area contributed by atoms with Crippen LogP contribution in [0.5, 0.6) is 0 Å². The number of likely N-dealkylation sites (tertiary alicyclic amines) is 1. The Balaban J connectivity index is 2.03. The van der Waals surface area contributed by atoms with Crippen molar-refractivity contribution in [2.75, 3.05) is 19.6 Å². The smallest absolute Gasteiger partial charge is 0.0646 e. The lowest BCUT2D eigenvalue weighted by molar-refractivity contribution is 0.196. The van der Waals surface area contributed by atoms with Crippen LogP contribution in [0, 0.1) is 0 Å². The Morgan fingerprint density at radius 3 is 3.13 bits per heavy atom. The minimum absolute atomic E-state index is 0.453. The number of hydrogen-bond donors (Lipinski definition) is 1. The van der Waals surface area contributed by atoms with Gasteiger partial charge in [0.05, 0.1) is 6.04 Å². The minimum atomic E-state index is 0.453. The molecular weight excluding hydrogens is 188 g/mol. The van der Waals surface area contributed by atoms with Crippen molar-refractivity contribution in [1.82, 2.24) is 14.7 Å². The van der Waals surface area contributed by atoms with E-state index < -0.39 is 0 Å². The monoisotopic (exact) mass is 208 g/mol. The Hall–Kier alpha value is -0.870. The van der Waals surface area contributed by atoms with Crippen molar-refractivity contribution in [3.63, 3.8) is 0 Å². The van der Waals surface area contributed by atoms with Gasteiger partial charge in [0.1, 0.15) is 0 Å². The van der Waals surface area contributed by atoms with Gasteiger partial charge in [0.2, 0.25) is 0 Å². The van der Waals surface area contributed by atoms with Gasteiger partial charge in [-0.1, -0.05) is 0 Å². The van der Waals surface area contributed by atoms with Crippen molar-refractivity contribution >= 4 is 0 Å². The van der Waals surface area contributed by atoms with Crippen molar-refractivity contribution < 1.29 is 0 Å². The predicted octanol–water partition coefficient (Wildman–Crippen LogP) is 0.867. The van der Waals surface area contributed by atoms with Crippen LogP contribution in [-0.4, -0.2) is 40.4 Å². The van der Waals surface area contributed by atoms with Gasteiger partial charge in [-0.3, -0.25) is 9.58 Å². The van der Waals surface area contributed by atoms with Crippen LogP contribution in [0.4, 0.5) is 0 Å². The Morgan fingerprint density at radius 2 is 2.47 bits per heavy atom. The maximum atomic E-state index is 5.63. The SMILES string of the molecule is C[C@H]([C@@H]1CCCN1CCN)n1cccn1. The van der Waals surface area contributed by atoms with Crippen molar-refractivity contribution in [2.24, 2.45) is 5.73 Å². The Bertz CT molecular complexity index is 283. The van der Waals surface area contributed by atoms with E-state index in [4.69, 9.17) is 5.73 Å². The van der Waals surface area contributed by atoms with Gasteiger partial charge in [-0.2, -0.15) is 5.10 Å². The van der Waals surface area contributed by atoms with Crippen LogP contribution in [-0.2, 0) is 0 Å². The second-order valence-corrected chi connectivity index (χ2v) is 4.26. The summed E-state index contributed by atoms with van der Waals surface area (Å²) in [5.41, 5.74) is 5.63. The van der Waals surface area contributed by atoms with E-state index in [1.54, 1.807) is 0 Å². The van der Waals surface area contributed by atoms with Gasteiger partial charge < -0.3 is 5.73 Å². The summed E-state index contributed by atoms with van der Waals surface area (Å²) in [4.78, 5) is 2.49. The van der Waals surface area contributed by atoms with Gasteiger partial charge >= 0.3 is 0 Å². The van der Waals surface area contributed by atoms with Crippen LogP contribution in [0.25, 0.3) is 0 Å². The highest BCUT2D eigenvalue weighted by atomic mass is 15.3. The first-order valence-corrected chi connectivity index (χ1v) is 5.76. The molecule has 1 aliphatic heterocycles. The first kappa shape index (κ1) is 10.6. The molecule has 0 radical (unpaired) electrons. The van der Waals surface area contributed by atoms with Crippen molar-refractivity contribution in [2.45, 2.75) is 31.8 Å².